The molecule has 0 fully saturated rings. The van der Waals surface area contributed by atoms with Gasteiger partial charge in [-0.05, 0) is 12.1 Å². The largest absolute Gasteiger partial charge is 0.496 e. The summed E-state index contributed by atoms with van der Waals surface area (Å²) < 4.78 is 36.2. The number of nitrogens with two attached hydrogens (primary N) is 1. The van der Waals surface area contributed by atoms with E-state index >= 15 is 0 Å². The fourth-order valence-electron chi connectivity index (χ4n) is 3.71. The molecular formula is C23H23ClFN5O6. The number of amides is 1. The van der Waals surface area contributed by atoms with Crippen LogP contribution in [0.15, 0.2) is 30.3 Å². The van der Waals surface area contributed by atoms with Crippen LogP contribution in [0.4, 0.5) is 21.6 Å². The first-order valence-corrected chi connectivity index (χ1v) is 10.9. The van der Waals surface area contributed by atoms with E-state index in [1.807, 2.05) is 0 Å². The summed E-state index contributed by atoms with van der Waals surface area (Å²) in [6.07, 6.45) is -1.57. The second-order valence-corrected chi connectivity index (χ2v) is 7.95. The number of fused-ring (bicyclic) bond motifs is 1. The van der Waals surface area contributed by atoms with Crippen LogP contribution in [0, 0.1) is 5.82 Å². The van der Waals surface area contributed by atoms with Gasteiger partial charge in [-0.3, -0.25) is 9.69 Å². The number of carbonyl (C=O) groups is 1. The van der Waals surface area contributed by atoms with E-state index in [1.54, 1.807) is 6.07 Å². The van der Waals surface area contributed by atoms with Gasteiger partial charge in [0.2, 0.25) is 18.1 Å². The van der Waals surface area contributed by atoms with Gasteiger partial charge in [0.15, 0.2) is 17.3 Å². The molecular weight excluding hydrogens is 497 g/mol. The summed E-state index contributed by atoms with van der Waals surface area (Å²) in [6, 6.07) is 7.44. The second kappa shape index (κ2) is 10.3. The lowest BCUT2D eigenvalue weighted by Crippen LogP contribution is -2.31. The van der Waals surface area contributed by atoms with Crippen LogP contribution in [0.5, 0.6) is 23.1 Å². The maximum Gasteiger partial charge on any atom is 0.242 e. The molecule has 0 spiro atoms. The van der Waals surface area contributed by atoms with Gasteiger partial charge in [0.25, 0.3) is 0 Å². The minimum absolute atomic E-state index is 0.0896. The molecule has 0 saturated heterocycles. The van der Waals surface area contributed by atoms with E-state index in [4.69, 9.17) is 36.3 Å². The molecule has 13 heteroatoms. The Labute approximate surface area is 210 Å². The number of carbonyl (C=O) groups excluding carboxylic acids is 1. The molecule has 1 amide bonds. The Morgan fingerprint density at radius 3 is 2.58 bits per heavy atom. The molecule has 2 heterocycles. The molecule has 1 aromatic heterocycles. The Hall–Kier alpha value is -4.03. The minimum Gasteiger partial charge on any atom is -0.496 e. The zero-order valence-corrected chi connectivity index (χ0v) is 20.3. The molecule has 0 radical (unpaired) electrons. The van der Waals surface area contributed by atoms with Crippen molar-refractivity contribution < 1.29 is 33.2 Å². The van der Waals surface area contributed by atoms with Gasteiger partial charge in [-0.2, -0.15) is 4.98 Å². The highest BCUT2D eigenvalue weighted by Gasteiger charge is 2.36. The summed E-state index contributed by atoms with van der Waals surface area (Å²) in [5.41, 5.74) is 6.06. The van der Waals surface area contributed by atoms with E-state index in [9.17, 15) is 14.3 Å². The van der Waals surface area contributed by atoms with Crippen molar-refractivity contribution in [2.24, 2.45) is 5.73 Å². The monoisotopic (exact) mass is 519 g/mol. The topological polar surface area (TPSA) is 141 Å². The van der Waals surface area contributed by atoms with Gasteiger partial charge in [0.1, 0.15) is 29.7 Å². The molecule has 1 atom stereocenters. The van der Waals surface area contributed by atoms with Crippen molar-refractivity contribution in [3.05, 3.63) is 52.6 Å². The summed E-state index contributed by atoms with van der Waals surface area (Å²) in [5.74, 6) is 0.0498. The summed E-state index contributed by atoms with van der Waals surface area (Å²) >= 11 is 6.53. The predicted molar refractivity (Wildman–Crippen MR) is 129 cm³/mol. The van der Waals surface area contributed by atoms with Crippen LogP contribution in [0.25, 0.3) is 0 Å². The molecule has 1 aliphatic rings. The molecule has 190 valence electrons. The average molecular weight is 520 g/mol. The third-order valence-electron chi connectivity index (χ3n) is 5.34. The van der Waals surface area contributed by atoms with E-state index in [0.29, 0.717) is 5.75 Å². The molecule has 0 bridgehead atoms. The van der Waals surface area contributed by atoms with Gasteiger partial charge in [-0.1, -0.05) is 17.7 Å². The summed E-state index contributed by atoms with van der Waals surface area (Å²) in [4.78, 5) is 21.3. The standard InChI is InChI=1S/C23H23ClFN5O6/c1-33-15-6-4-5-13(25)11(15)10-36-17-8-14(12(24)7-16(17)34-2)30-21-20(29-23(30)32)22(35-3)28-19(27-21)9-18(26)31/h4-8,23,29,32H,9-10H2,1-3H3,(H2,26,31). The van der Waals surface area contributed by atoms with Gasteiger partial charge >= 0.3 is 0 Å². The molecule has 4 N–H and O–H groups in total. The van der Waals surface area contributed by atoms with E-state index < -0.39 is 18.1 Å². The lowest BCUT2D eigenvalue weighted by atomic mass is 10.2. The van der Waals surface area contributed by atoms with E-state index in [2.05, 4.69) is 15.3 Å². The summed E-state index contributed by atoms with van der Waals surface area (Å²) in [5, 5.41) is 13.8. The molecule has 36 heavy (non-hydrogen) atoms. The van der Waals surface area contributed by atoms with Crippen molar-refractivity contribution >= 4 is 34.7 Å². The Morgan fingerprint density at radius 1 is 1.17 bits per heavy atom. The van der Waals surface area contributed by atoms with Crippen molar-refractivity contribution in [2.75, 3.05) is 31.5 Å². The number of hydrogen-bond donors (Lipinski definition) is 3. The summed E-state index contributed by atoms with van der Waals surface area (Å²) in [6.45, 7) is -0.177. The Kier molecular flexibility index (Phi) is 7.17. The van der Waals surface area contributed by atoms with Crippen molar-refractivity contribution in [1.82, 2.24) is 9.97 Å². The fourth-order valence-corrected chi connectivity index (χ4v) is 3.96. The molecule has 3 aromatic rings. The van der Waals surface area contributed by atoms with Crippen molar-refractivity contribution in [3.63, 3.8) is 0 Å². The van der Waals surface area contributed by atoms with Crippen LogP contribution >= 0.6 is 11.6 Å². The Morgan fingerprint density at radius 2 is 1.92 bits per heavy atom. The number of aliphatic hydroxyl groups excluding tert-OH is 1. The molecule has 1 aliphatic heterocycles. The first-order chi connectivity index (χ1) is 17.3. The molecule has 4 rings (SSSR count). The molecule has 0 saturated carbocycles. The number of nitrogens with zero attached hydrogens (tertiary/aromatic N) is 3. The van der Waals surface area contributed by atoms with Crippen molar-refractivity contribution in [3.8, 4) is 23.1 Å². The van der Waals surface area contributed by atoms with Crippen molar-refractivity contribution in [2.45, 2.75) is 19.4 Å². The molecule has 11 nitrogen and oxygen atoms in total. The number of nitrogens with one attached hydrogen (secondary N) is 1. The van der Waals surface area contributed by atoms with Crippen molar-refractivity contribution in [1.29, 1.82) is 0 Å². The van der Waals surface area contributed by atoms with Crippen LogP contribution in [-0.4, -0.2) is 48.7 Å². The van der Waals surface area contributed by atoms with Crippen LogP contribution in [0.3, 0.4) is 0 Å². The van der Waals surface area contributed by atoms with Crippen LogP contribution < -0.4 is 34.9 Å². The minimum atomic E-state index is -1.32. The number of anilines is 3. The van der Waals surface area contributed by atoms with Crippen LogP contribution in [0.1, 0.15) is 11.4 Å². The molecule has 1 unspecified atom stereocenters. The number of aliphatic hydroxyl groups is 1. The third-order valence-corrected chi connectivity index (χ3v) is 5.64. The second-order valence-electron chi connectivity index (χ2n) is 7.54. The number of primary amides is 1. The van der Waals surface area contributed by atoms with Crippen LogP contribution in [0.2, 0.25) is 5.02 Å². The predicted octanol–water partition coefficient (Wildman–Crippen LogP) is 2.74. The highest BCUT2D eigenvalue weighted by atomic mass is 35.5. The van der Waals surface area contributed by atoms with Gasteiger partial charge in [-0.25, -0.2) is 9.37 Å². The fraction of sp³-hybridized carbons (Fsp3) is 0.261. The lowest BCUT2D eigenvalue weighted by Gasteiger charge is -2.24. The SMILES string of the molecule is COc1cc(Cl)c(N2c3nc(CC(N)=O)nc(OC)c3NC2O)cc1OCc1c(F)cccc1OC. The highest BCUT2D eigenvalue weighted by Crippen LogP contribution is 2.47. The maximum atomic E-state index is 14.4. The Bertz CT molecular complexity index is 1310. The number of ether oxygens (including phenoxy) is 4. The average Bonchev–Trinajstić information content (AvgIpc) is 3.18. The first kappa shape index (κ1) is 25.1. The number of rotatable bonds is 9. The smallest absolute Gasteiger partial charge is 0.242 e. The highest BCUT2D eigenvalue weighted by molar-refractivity contribution is 6.33. The maximum absolute atomic E-state index is 14.4. The summed E-state index contributed by atoms with van der Waals surface area (Å²) in [7, 11) is 4.25. The lowest BCUT2D eigenvalue weighted by molar-refractivity contribution is -0.117. The Balaban J connectivity index is 1.76. The van der Waals surface area contributed by atoms with Gasteiger partial charge in [0, 0.05) is 12.1 Å². The first-order valence-electron chi connectivity index (χ1n) is 10.6. The number of hydrogen-bond acceptors (Lipinski definition) is 10. The quantitative estimate of drug-likeness (QED) is 0.386. The van der Waals surface area contributed by atoms with E-state index in [1.165, 1.54) is 50.5 Å². The number of halogens is 2. The number of benzene rings is 2. The zero-order valence-electron chi connectivity index (χ0n) is 19.5. The van der Waals surface area contributed by atoms with Crippen LogP contribution in [-0.2, 0) is 17.8 Å². The van der Waals surface area contributed by atoms with Gasteiger partial charge < -0.3 is 35.1 Å². The number of methoxy groups -OCH3 is 3. The molecule has 0 aliphatic carbocycles. The zero-order chi connectivity index (χ0) is 26.0. The van der Waals surface area contributed by atoms with E-state index in [0.717, 1.165) is 0 Å². The van der Waals surface area contributed by atoms with Gasteiger partial charge in [-0.15, -0.1) is 0 Å². The third kappa shape index (κ3) is 4.72. The molecule has 2 aromatic carbocycles. The van der Waals surface area contributed by atoms with Gasteiger partial charge in [0.05, 0.1) is 44.0 Å². The normalized spacial score (nSPS) is 14.2. The van der Waals surface area contributed by atoms with E-state index in [-0.39, 0.29) is 64.0 Å². The number of aromatic nitrogens is 2.